The number of thiazole rings is 1. The summed E-state index contributed by atoms with van der Waals surface area (Å²) in [7, 11) is 0. The third kappa shape index (κ3) is 3.43. The summed E-state index contributed by atoms with van der Waals surface area (Å²) in [4.78, 5) is 31.2. The fourth-order valence-corrected chi connectivity index (χ4v) is 3.38. The predicted octanol–water partition coefficient (Wildman–Crippen LogP) is 2.10. The number of amides is 2. The van der Waals surface area contributed by atoms with Gasteiger partial charge in [0.05, 0.1) is 6.54 Å². The third-order valence-corrected chi connectivity index (χ3v) is 4.68. The Labute approximate surface area is 129 Å². The zero-order valence-corrected chi connectivity index (χ0v) is 13.9. The van der Waals surface area contributed by atoms with Gasteiger partial charge in [-0.15, -0.1) is 11.3 Å². The van der Waals surface area contributed by atoms with Crippen LogP contribution in [0, 0.1) is 12.8 Å². The van der Waals surface area contributed by atoms with Crippen molar-refractivity contribution in [3.05, 3.63) is 16.1 Å². The standard InChI is InChI=1S/C15H23N3O2S/c1-5-6-11-14(19)17-13(9(2)3)15(20)18(11)7-12-16-10(4)8-21-12/h8-9,11,13H,5-7H2,1-4H3,(H,17,19). The molecule has 6 heteroatoms. The Bertz CT molecular complexity index is 527. The number of piperazine rings is 1. The molecule has 1 fully saturated rings. The second-order valence-corrected chi connectivity index (χ2v) is 6.83. The number of nitrogens with zero attached hydrogens (tertiary/aromatic N) is 2. The maximum Gasteiger partial charge on any atom is 0.246 e. The van der Waals surface area contributed by atoms with Crippen LogP contribution >= 0.6 is 11.3 Å². The van der Waals surface area contributed by atoms with Gasteiger partial charge in [0.15, 0.2) is 0 Å². The van der Waals surface area contributed by atoms with Gasteiger partial charge >= 0.3 is 0 Å². The smallest absolute Gasteiger partial charge is 0.246 e. The maximum atomic E-state index is 12.7. The molecule has 5 nitrogen and oxygen atoms in total. The molecule has 1 N–H and O–H groups in total. The highest BCUT2D eigenvalue weighted by Gasteiger charge is 2.41. The molecule has 0 saturated carbocycles. The molecule has 1 aliphatic heterocycles. The first-order valence-corrected chi connectivity index (χ1v) is 8.33. The molecular weight excluding hydrogens is 286 g/mol. The fraction of sp³-hybridized carbons (Fsp3) is 0.667. The number of aryl methyl sites for hydroxylation is 1. The number of hydrogen-bond donors (Lipinski definition) is 1. The molecule has 0 radical (unpaired) electrons. The Hall–Kier alpha value is -1.43. The summed E-state index contributed by atoms with van der Waals surface area (Å²) in [5.74, 6) is 0.0592. The molecule has 2 heterocycles. The monoisotopic (exact) mass is 309 g/mol. The number of hydrogen-bond acceptors (Lipinski definition) is 4. The molecule has 2 rings (SSSR count). The lowest BCUT2D eigenvalue weighted by Crippen LogP contribution is -2.64. The van der Waals surface area contributed by atoms with Crippen LogP contribution in [-0.2, 0) is 16.1 Å². The van der Waals surface area contributed by atoms with Gasteiger partial charge < -0.3 is 10.2 Å². The van der Waals surface area contributed by atoms with Crippen LogP contribution in [-0.4, -0.2) is 33.8 Å². The molecule has 1 aromatic heterocycles. The van der Waals surface area contributed by atoms with Crippen molar-refractivity contribution in [2.24, 2.45) is 5.92 Å². The van der Waals surface area contributed by atoms with Crippen LogP contribution in [0.5, 0.6) is 0 Å². The van der Waals surface area contributed by atoms with Crippen molar-refractivity contribution in [3.8, 4) is 0 Å². The zero-order valence-electron chi connectivity index (χ0n) is 13.0. The van der Waals surface area contributed by atoms with Crippen molar-refractivity contribution in [2.75, 3.05) is 0 Å². The Balaban J connectivity index is 2.25. The number of nitrogens with one attached hydrogen (secondary N) is 1. The first kappa shape index (κ1) is 15.9. The molecule has 2 amide bonds. The topological polar surface area (TPSA) is 62.3 Å². The highest BCUT2D eigenvalue weighted by molar-refractivity contribution is 7.09. The van der Waals surface area contributed by atoms with Gasteiger partial charge in [-0.05, 0) is 19.3 Å². The van der Waals surface area contributed by atoms with Gasteiger partial charge in [0.1, 0.15) is 17.1 Å². The van der Waals surface area contributed by atoms with Crippen LogP contribution in [0.1, 0.15) is 44.3 Å². The highest BCUT2D eigenvalue weighted by atomic mass is 32.1. The zero-order chi connectivity index (χ0) is 15.6. The molecule has 0 aliphatic carbocycles. The lowest BCUT2D eigenvalue weighted by molar-refractivity contribution is -0.151. The summed E-state index contributed by atoms with van der Waals surface area (Å²) in [6.45, 7) is 8.30. The van der Waals surface area contributed by atoms with E-state index in [9.17, 15) is 9.59 Å². The van der Waals surface area contributed by atoms with Crippen molar-refractivity contribution in [2.45, 2.75) is 59.2 Å². The molecule has 2 unspecified atom stereocenters. The minimum Gasteiger partial charge on any atom is -0.342 e. The normalized spacial score (nSPS) is 22.8. The summed E-state index contributed by atoms with van der Waals surface area (Å²) in [6, 6.07) is -0.798. The van der Waals surface area contributed by atoms with Crippen molar-refractivity contribution >= 4 is 23.2 Å². The lowest BCUT2D eigenvalue weighted by Gasteiger charge is -2.40. The van der Waals surface area contributed by atoms with E-state index in [1.165, 1.54) is 11.3 Å². The van der Waals surface area contributed by atoms with Gasteiger partial charge in [-0.25, -0.2) is 4.98 Å². The molecule has 1 aliphatic rings. The van der Waals surface area contributed by atoms with Crippen molar-refractivity contribution in [1.29, 1.82) is 0 Å². The first-order chi connectivity index (χ1) is 9.93. The highest BCUT2D eigenvalue weighted by Crippen LogP contribution is 2.22. The molecular formula is C15H23N3O2S. The second kappa shape index (κ2) is 6.56. The van der Waals surface area contributed by atoms with Crippen LogP contribution in [0.2, 0.25) is 0 Å². The van der Waals surface area contributed by atoms with E-state index in [2.05, 4.69) is 10.3 Å². The molecule has 1 aromatic rings. The van der Waals surface area contributed by atoms with Crippen LogP contribution in [0.3, 0.4) is 0 Å². The van der Waals surface area contributed by atoms with Crippen molar-refractivity contribution in [1.82, 2.24) is 15.2 Å². The van der Waals surface area contributed by atoms with Gasteiger partial charge in [0.25, 0.3) is 0 Å². The van der Waals surface area contributed by atoms with E-state index in [4.69, 9.17) is 0 Å². The van der Waals surface area contributed by atoms with E-state index in [0.29, 0.717) is 13.0 Å². The van der Waals surface area contributed by atoms with E-state index in [1.54, 1.807) is 4.90 Å². The molecule has 21 heavy (non-hydrogen) atoms. The summed E-state index contributed by atoms with van der Waals surface area (Å²) in [6.07, 6.45) is 1.55. The van der Waals surface area contributed by atoms with Gasteiger partial charge in [-0.3, -0.25) is 9.59 Å². The second-order valence-electron chi connectivity index (χ2n) is 5.88. The average molecular weight is 309 g/mol. The van der Waals surface area contributed by atoms with Gasteiger partial charge in [0.2, 0.25) is 11.8 Å². The van der Waals surface area contributed by atoms with Crippen LogP contribution < -0.4 is 5.32 Å². The molecule has 116 valence electrons. The van der Waals surface area contributed by atoms with E-state index in [-0.39, 0.29) is 23.8 Å². The quantitative estimate of drug-likeness (QED) is 0.906. The molecule has 0 bridgehead atoms. The molecule has 2 atom stereocenters. The molecule has 1 saturated heterocycles. The number of carbonyl (C=O) groups excluding carboxylic acids is 2. The van der Waals surface area contributed by atoms with Crippen molar-refractivity contribution < 1.29 is 9.59 Å². The minimum absolute atomic E-state index is 0.0101. The Morgan fingerprint density at radius 2 is 2.14 bits per heavy atom. The van der Waals surface area contributed by atoms with Gasteiger partial charge in [-0.1, -0.05) is 27.2 Å². The summed E-state index contributed by atoms with van der Waals surface area (Å²) in [5.41, 5.74) is 0.955. The third-order valence-electron chi connectivity index (χ3n) is 3.73. The summed E-state index contributed by atoms with van der Waals surface area (Å²) < 4.78 is 0. The Morgan fingerprint density at radius 3 is 2.67 bits per heavy atom. The van der Waals surface area contributed by atoms with Crippen molar-refractivity contribution in [3.63, 3.8) is 0 Å². The van der Waals surface area contributed by atoms with Crippen LogP contribution in [0.4, 0.5) is 0 Å². The minimum atomic E-state index is -0.424. The van der Waals surface area contributed by atoms with Crippen LogP contribution in [0.15, 0.2) is 5.38 Å². The van der Waals surface area contributed by atoms with Crippen LogP contribution in [0.25, 0.3) is 0 Å². The Morgan fingerprint density at radius 1 is 1.43 bits per heavy atom. The summed E-state index contributed by atoms with van der Waals surface area (Å²) in [5, 5.41) is 5.73. The van der Waals surface area contributed by atoms with E-state index in [1.807, 2.05) is 33.1 Å². The number of carbonyl (C=O) groups is 2. The Kier molecular flexibility index (Phi) is 4.98. The molecule has 0 aromatic carbocycles. The fourth-order valence-electron chi connectivity index (χ4n) is 2.61. The number of rotatable bonds is 5. The summed E-state index contributed by atoms with van der Waals surface area (Å²) >= 11 is 1.54. The van der Waals surface area contributed by atoms with Gasteiger partial charge in [-0.2, -0.15) is 0 Å². The molecule has 0 spiro atoms. The first-order valence-electron chi connectivity index (χ1n) is 7.45. The lowest BCUT2D eigenvalue weighted by atomic mass is 9.96. The average Bonchev–Trinajstić information content (AvgIpc) is 2.83. The maximum absolute atomic E-state index is 12.7. The van der Waals surface area contributed by atoms with E-state index < -0.39 is 6.04 Å². The predicted molar refractivity (Wildman–Crippen MR) is 82.9 cm³/mol. The van der Waals surface area contributed by atoms with Gasteiger partial charge in [0, 0.05) is 11.1 Å². The van der Waals surface area contributed by atoms with E-state index >= 15 is 0 Å². The largest absolute Gasteiger partial charge is 0.342 e. The van der Waals surface area contributed by atoms with E-state index in [0.717, 1.165) is 17.1 Å². The SMILES string of the molecule is CCCC1C(=O)NC(C(C)C)C(=O)N1Cc1nc(C)cs1. The number of aromatic nitrogens is 1.